The zero-order chi connectivity index (χ0) is 13.4. The lowest BCUT2D eigenvalue weighted by atomic mass is 9.77. The van der Waals surface area contributed by atoms with Crippen LogP contribution in [0, 0.1) is 6.92 Å². The Balaban J connectivity index is 1.89. The lowest BCUT2D eigenvalue weighted by Gasteiger charge is -2.27. The van der Waals surface area contributed by atoms with Crippen molar-refractivity contribution < 1.29 is 13.9 Å². The molecule has 0 amide bonds. The fourth-order valence-corrected chi connectivity index (χ4v) is 2.43. The molecule has 0 aliphatic heterocycles. The van der Waals surface area contributed by atoms with Gasteiger partial charge < -0.3 is 9.15 Å². The number of hydrogen-bond donors (Lipinski definition) is 0. The minimum atomic E-state index is -0.439. The number of carbonyl (C=O) groups is 1. The van der Waals surface area contributed by atoms with Crippen molar-refractivity contribution in [2.45, 2.75) is 26.2 Å². The highest BCUT2D eigenvalue weighted by Gasteiger charge is 2.32. The third-order valence-electron chi connectivity index (χ3n) is 3.43. The second-order valence-electron chi connectivity index (χ2n) is 4.64. The molecule has 0 N–H and O–H groups in total. The summed E-state index contributed by atoms with van der Waals surface area (Å²) in [4.78, 5) is 16.1. The summed E-state index contributed by atoms with van der Waals surface area (Å²) in [5.41, 5.74) is 3.15. The van der Waals surface area contributed by atoms with E-state index in [2.05, 4.69) is 17.1 Å². The van der Waals surface area contributed by atoms with Crippen LogP contribution in [0.15, 0.2) is 28.7 Å². The molecule has 19 heavy (non-hydrogen) atoms. The summed E-state index contributed by atoms with van der Waals surface area (Å²) in [6.07, 6.45) is 0.915. The molecule has 1 aliphatic rings. The van der Waals surface area contributed by atoms with E-state index in [4.69, 9.17) is 9.15 Å². The van der Waals surface area contributed by atoms with Crippen LogP contribution in [0.1, 0.15) is 46.1 Å². The van der Waals surface area contributed by atoms with E-state index in [1.807, 2.05) is 12.1 Å². The summed E-state index contributed by atoms with van der Waals surface area (Å²) in [7, 11) is 0. The van der Waals surface area contributed by atoms with Gasteiger partial charge in [0.2, 0.25) is 11.7 Å². The van der Waals surface area contributed by atoms with Crippen LogP contribution < -0.4 is 0 Å². The average Bonchev–Trinajstić information content (AvgIpc) is 2.73. The van der Waals surface area contributed by atoms with E-state index < -0.39 is 5.97 Å². The van der Waals surface area contributed by atoms with Crippen LogP contribution in [0.3, 0.4) is 0 Å². The van der Waals surface area contributed by atoms with E-state index in [0.717, 1.165) is 6.42 Å². The molecule has 1 aromatic carbocycles. The number of carbonyl (C=O) groups excluding carboxylic acids is 1. The minimum absolute atomic E-state index is 0.165. The lowest BCUT2D eigenvalue weighted by Crippen LogP contribution is -2.18. The highest BCUT2D eigenvalue weighted by molar-refractivity contribution is 5.87. The fourth-order valence-electron chi connectivity index (χ4n) is 2.43. The Bertz CT molecular complexity index is 630. The molecule has 0 fully saturated rings. The molecule has 0 saturated carbocycles. The van der Waals surface area contributed by atoms with Gasteiger partial charge in [-0.15, -0.1) is 0 Å². The van der Waals surface area contributed by atoms with Crippen molar-refractivity contribution in [3.8, 4) is 0 Å². The molecule has 1 atom stereocenters. The van der Waals surface area contributed by atoms with E-state index >= 15 is 0 Å². The maximum atomic E-state index is 11.7. The smallest absolute Gasteiger partial charge is 0.376 e. The van der Waals surface area contributed by atoms with Gasteiger partial charge in [-0.3, -0.25) is 0 Å². The summed E-state index contributed by atoms with van der Waals surface area (Å²) in [5, 5.41) is 0. The predicted octanol–water partition coefficient (Wildman–Crippen LogP) is 2.85. The van der Waals surface area contributed by atoms with Crippen LogP contribution in [0.25, 0.3) is 0 Å². The summed E-state index contributed by atoms with van der Waals surface area (Å²) < 4.78 is 10.6. The number of aryl methyl sites for hydroxylation is 1. The Morgan fingerprint density at radius 2 is 2.26 bits per heavy atom. The maximum absolute atomic E-state index is 11.7. The van der Waals surface area contributed by atoms with Crippen LogP contribution in [-0.4, -0.2) is 17.6 Å². The van der Waals surface area contributed by atoms with Crippen LogP contribution in [-0.2, 0) is 11.2 Å². The number of hydrogen-bond acceptors (Lipinski definition) is 4. The lowest BCUT2D eigenvalue weighted by molar-refractivity contribution is 0.0486. The summed E-state index contributed by atoms with van der Waals surface area (Å²) in [6, 6.07) is 8.22. The molecule has 3 rings (SSSR count). The van der Waals surface area contributed by atoms with Crippen LogP contribution in [0.5, 0.6) is 0 Å². The van der Waals surface area contributed by atoms with Gasteiger partial charge in [0, 0.05) is 0 Å². The predicted molar refractivity (Wildman–Crippen MR) is 69.2 cm³/mol. The van der Waals surface area contributed by atoms with E-state index in [0.29, 0.717) is 18.2 Å². The van der Waals surface area contributed by atoms with E-state index in [9.17, 15) is 4.79 Å². The molecule has 0 spiro atoms. The third kappa shape index (κ3) is 1.93. The van der Waals surface area contributed by atoms with Crippen molar-refractivity contribution in [3.05, 3.63) is 52.7 Å². The van der Waals surface area contributed by atoms with Gasteiger partial charge in [-0.25, -0.2) is 9.78 Å². The molecule has 0 saturated heterocycles. The van der Waals surface area contributed by atoms with Crippen molar-refractivity contribution in [1.82, 2.24) is 4.98 Å². The zero-order valence-corrected chi connectivity index (χ0v) is 11.0. The molecule has 98 valence electrons. The Labute approximate surface area is 111 Å². The summed E-state index contributed by atoms with van der Waals surface area (Å²) >= 11 is 0. The first-order valence-corrected chi connectivity index (χ1v) is 6.43. The normalized spacial score (nSPS) is 16.6. The number of aromatic nitrogens is 1. The number of esters is 1. The highest BCUT2D eigenvalue weighted by atomic mass is 16.5. The van der Waals surface area contributed by atoms with Gasteiger partial charge in [-0.05, 0) is 31.4 Å². The molecule has 1 aliphatic carbocycles. The van der Waals surface area contributed by atoms with Gasteiger partial charge >= 0.3 is 5.97 Å². The van der Waals surface area contributed by atoms with Crippen LogP contribution in [0.2, 0.25) is 0 Å². The first-order chi connectivity index (χ1) is 9.20. The SMILES string of the molecule is CCOC(=O)c1oc(C2Cc3ccccc32)nc1C. The number of oxazole rings is 1. The summed E-state index contributed by atoms with van der Waals surface area (Å²) in [5.74, 6) is 0.560. The number of nitrogens with zero attached hydrogens (tertiary/aromatic N) is 1. The third-order valence-corrected chi connectivity index (χ3v) is 3.43. The van der Waals surface area contributed by atoms with Gasteiger partial charge in [0.1, 0.15) is 0 Å². The van der Waals surface area contributed by atoms with Gasteiger partial charge in [0.05, 0.1) is 18.2 Å². The molecular weight excluding hydrogens is 242 g/mol. The number of fused-ring (bicyclic) bond motifs is 1. The Morgan fingerprint density at radius 1 is 1.47 bits per heavy atom. The van der Waals surface area contributed by atoms with Gasteiger partial charge in [-0.2, -0.15) is 0 Å². The topological polar surface area (TPSA) is 52.3 Å². The van der Waals surface area contributed by atoms with E-state index in [-0.39, 0.29) is 11.7 Å². The number of rotatable bonds is 3. The van der Waals surface area contributed by atoms with Crippen molar-refractivity contribution in [3.63, 3.8) is 0 Å². The van der Waals surface area contributed by atoms with E-state index in [1.165, 1.54) is 11.1 Å². The van der Waals surface area contributed by atoms with Gasteiger partial charge in [0.25, 0.3) is 0 Å². The Morgan fingerprint density at radius 3 is 3.00 bits per heavy atom. The molecule has 1 unspecified atom stereocenters. The largest absolute Gasteiger partial charge is 0.460 e. The number of benzene rings is 1. The molecule has 0 bridgehead atoms. The second-order valence-corrected chi connectivity index (χ2v) is 4.64. The van der Waals surface area contributed by atoms with E-state index in [1.54, 1.807) is 13.8 Å². The zero-order valence-electron chi connectivity index (χ0n) is 11.0. The van der Waals surface area contributed by atoms with Gasteiger partial charge in [0.15, 0.2) is 0 Å². The average molecular weight is 257 g/mol. The van der Waals surface area contributed by atoms with Gasteiger partial charge in [-0.1, -0.05) is 24.3 Å². The standard InChI is InChI=1S/C15H15NO3/c1-3-18-15(17)13-9(2)16-14(19-13)12-8-10-6-4-5-7-11(10)12/h4-7,12H,3,8H2,1-2H3. The molecule has 4 heteroatoms. The van der Waals surface area contributed by atoms with Crippen molar-refractivity contribution in [1.29, 1.82) is 0 Å². The van der Waals surface area contributed by atoms with Crippen LogP contribution >= 0.6 is 0 Å². The van der Waals surface area contributed by atoms with Crippen molar-refractivity contribution >= 4 is 5.97 Å². The first kappa shape index (κ1) is 12.0. The second kappa shape index (κ2) is 4.53. The van der Waals surface area contributed by atoms with Crippen molar-refractivity contribution in [2.24, 2.45) is 0 Å². The molecular formula is C15H15NO3. The monoisotopic (exact) mass is 257 g/mol. The minimum Gasteiger partial charge on any atom is -0.460 e. The quantitative estimate of drug-likeness (QED) is 0.793. The highest BCUT2D eigenvalue weighted by Crippen LogP contribution is 2.39. The first-order valence-electron chi connectivity index (χ1n) is 6.43. The molecule has 1 heterocycles. The fraction of sp³-hybridized carbons (Fsp3) is 0.333. The Kier molecular flexibility index (Phi) is 2.85. The van der Waals surface area contributed by atoms with Crippen molar-refractivity contribution in [2.75, 3.05) is 6.61 Å². The van der Waals surface area contributed by atoms with Crippen LogP contribution in [0.4, 0.5) is 0 Å². The molecule has 4 nitrogen and oxygen atoms in total. The maximum Gasteiger partial charge on any atom is 0.376 e. The summed E-state index contributed by atoms with van der Waals surface area (Å²) in [6.45, 7) is 3.87. The molecule has 1 aromatic heterocycles. The Hall–Kier alpha value is -2.10. The number of ether oxygens (including phenoxy) is 1. The molecule has 2 aromatic rings. The molecule has 0 radical (unpaired) electrons.